The predicted molar refractivity (Wildman–Crippen MR) is 119 cm³/mol. The van der Waals surface area contributed by atoms with Gasteiger partial charge in [0.2, 0.25) is 0 Å². The summed E-state index contributed by atoms with van der Waals surface area (Å²) in [5.41, 5.74) is -1.71. The van der Waals surface area contributed by atoms with Crippen molar-refractivity contribution in [3.63, 3.8) is 0 Å². The third-order valence-corrected chi connectivity index (χ3v) is 10.4. The molecule has 9 heteroatoms. The van der Waals surface area contributed by atoms with Crippen molar-refractivity contribution in [1.29, 1.82) is 0 Å². The van der Waals surface area contributed by atoms with E-state index in [1.54, 1.807) is 14.0 Å². The first-order chi connectivity index (χ1) is 15.2. The Kier molecular flexibility index (Phi) is 6.92. The molecule has 5 unspecified atom stereocenters. The molecule has 7 atom stereocenters. The van der Waals surface area contributed by atoms with Crippen LogP contribution in [0, 0.1) is 17.8 Å². The van der Waals surface area contributed by atoms with E-state index in [-0.39, 0.29) is 34.6 Å². The zero-order valence-electron chi connectivity index (χ0n) is 18.9. The van der Waals surface area contributed by atoms with Crippen molar-refractivity contribution >= 4 is 33.0 Å². The number of sulfone groups is 1. The highest BCUT2D eigenvalue weighted by molar-refractivity contribution is 7.95. The van der Waals surface area contributed by atoms with Crippen molar-refractivity contribution < 1.29 is 32.2 Å². The number of alkyl halides is 1. The molecule has 0 aromatic rings. The van der Waals surface area contributed by atoms with Gasteiger partial charge in [-0.2, -0.15) is 0 Å². The Hall–Kier alpha value is -0.800. The summed E-state index contributed by atoms with van der Waals surface area (Å²) in [4.78, 5) is 26.3. The molecule has 3 fully saturated rings. The van der Waals surface area contributed by atoms with E-state index in [4.69, 9.17) is 25.8 Å². The van der Waals surface area contributed by atoms with Gasteiger partial charge in [0.05, 0.1) is 40.3 Å². The van der Waals surface area contributed by atoms with Crippen LogP contribution >= 0.6 is 11.6 Å². The van der Waals surface area contributed by atoms with Crippen molar-refractivity contribution in [2.45, 2.75) is 81.2 Å². The average Bonchev–Trinajstić information content (AvgIpc) is 3.06. The van der Waals surface area contributed by atoms with Gasteiger partial charge in [0.25, 0.3) is 0 Å². The second kappa shape index (κ2) is 9.10. The molecule has 4 rings (SSSR count). The van der Waals surface area contributed by atoms with Crippen LogP contribution in [0.1, 0.15) is 51.9 Å². The van der Waals surface area contributed by atoms with E-state index in [2.05, 4.69) is 0 Å². The maximum Gasteiger partial charge on any atom is 0.178 e. The van der Waals surface area contributed by atoms with Gasteiger partial charge >= 0.3 is 0 Å². The number of Topliss-reactive ketones (excluding diaryl/α,β-unsaturated/α-hetero) is 1. The summed E-state index contributed by atoms with van der Waals surface area (Å²) >= 11 is 6.67. The van der Waals surface area contributed by atoms with E-state index >= 15 is 0 Å². The molecule has 2 saturated carbocycles. The maximum atomic E-state index is 14.0. The molecule has 1 saturated heterocycles. The van der Waals surface area contributed by atoms with Crippen LogP contribution < -0.4 is 0 Å². The summed E-state index contributed by atoms with van der Waals surface area (Å²) in [7, 11) is -0.835. The fourth-order valence-electron chi connectivity index (χ4n) is 6.19. The van der Waals surface area contributed by atoms with E-state index in [1.165, 1.54) is 7.11 Å². The van der Waals surface area contributed by atoms with E-state index < -0.39 is 51.0 Å². The van der Waals surface area contributed by atoms with Crippen LogP contribution in [0.3, 0.4) is 0 Å². The van der Waals surface area contributed by atoms with Crippen LogP contribution in [-0.2, 0) is 33.6 Å². The first-order valence-corrected chi connectivity index (χ1v) is 13.6. The fraction of sp³-hybridized carbons (Fsp3) is 0.826. The summed E-state index contributed by atoms with van der Waals surface area (Å²) in [5.74, 6) is -1.99. The van der Waals surface area contributed by atoms with Gasteiger partial charge in [-0.05, 0) is 24.8 Å². The summed E-state index contributed by atoms with van der Waals surface area (Å²) in [5, 5.41) is -0.633. The minimum atomic E-state index is -3.90. The monoisotopic (exact) mass is 488 g/mol. The lowest BCUT2D eigenvalue weighted by Crippen LogP contribution is -2.53. The Balaban J connectivity index is 1.76. The normalized spacial score (nSPS) is 41.1. The van der Waals surface area contributed by atoms with Gasteiger partial charge in [-0.25, -0.2) is 8.42 Å². The third kappa shape index (κ3) is 3.90. The van der Waals surface area contributed by atoms with Crippen LogP contribution in [0.4, 0.5) is 0 Å². The Morgan fingerprint density at radius 2 is 1.78 bits per heavy atom. The topological polar surface area (TPSA) is 96.0 Å². The summed E-state index contributed by atoms with van der Waals surface area (Å²) in [6, 6.07) is 0. The average molecular weight is 489 g/mol. The lowest BCUT2D eigenvalue weighted by Gasteiger charge is -2.39. The molecule has 1 spiro atoms. The van der Waals surface area contributed by atoms with Gasteiger partial charge in [0.1, 0.15) is 0 Å². The van der Waals surface area contributed by atoms with Crippen LogP contribution in [0.2, 0.25) is 0 Å². The number of rotatable bonds is 5. The molecule has 0 radical (unpaired) electrons. The molecule has 0 amide bonds. The molecule has 0 aromatic carbocycles. The number of hydrogen-bond acceptors (Lipinski definition) is 7. The van der Waals surface area contributed by atoms with Gasteiger partial charge in [0.15, 0.2) is 27.0 Å². The van der Waals surface area contributed by atoms with E-state index in [1.807, 2.05) is 0 Å². The highest BCUT2D eigenvalue weighted by atomic mass is 35.5. The van der Waals surface area contributed by atoms with Crippen LogP contribution in [0.15, 0.2) is 11.0 Å². The van der Waals surface area contributed by atoms with Crippen molar-refractivity contribution in [3.05, 3.63) is 11.0 Å². The largest absolute Gasteiger partial charge is 0.380 e. The lowest BCUT2D eigenvalue weighted by atomic mass is 9.72. The molecule has 3 aliphatic carbocycles. The molecular formula is C23H33ClO7S. The summed E-state index contributed by atoms with van der Waals surface area (Å²) < 4.78 is 44.8. The second-order valence-corrected chi connectivity index (χ2v) is 12.3. The zero-order chi connectivity index (χ0) is 23.3. The quantitative estimate of drug-likeness (QED) is 0.549. The highest BCUT2D eigenvalue weighted by Crippen LogP contribution is 2.53. The second-order valence-electron chi connectivity index (χ2n) is 9.80. The summed E-state index contributed by atoms with van der Waals surface area (Å²) in [6.07, 6.45) is 4.75. The first kappa shape index (κ1) is 24.3. The van der Waals surface area contributed by atoms with E-state index in [9.17, 15) is 18.0 Å². The molecule has 32 heavy (non-hydrogen) atoms. The van der Waals surface area contributed by atoms with Crippen LogP contribution in [0.25, 0.3) is 0 Å². The van der Waals surface area contributed by atoms with E-state index in [0.717, 1.165) is 38.2 Å². The number of ketones is 2. The van der Waals surface area contributed by atoms with Crippen LogP contribution in [-0.4, -0.2) is 69.2 Å². The lowest BCUT2D eigenvalue weighted by molar-refractivity contribution is -0.137. The SMILES string of the molecule is COC1CC(OC)C2C(=O)[C@@]3(OC2C1Cl)C(S(=O)(=O)CC1CCCCC1)=CC(=O)C[C@H]3C. The smallest absolute Gasteiger partial charge is 0.178 e. The zero-order valence-corrected chi connectivity index (χ0v) is 20.5. The molecule has 7 nitrogen and oxygen atoms in total. The Bertz CT molecular complexity index is 894. The molecule has 1 heterocycles. The number of ether oxygens (including phenoxy) is 3. The fourth-order valence-corrected chi connectivity index (χ4v) is 8.86. The molecular weight excluding hydrogens is 456 g/mol. The minimum Gasteiger partial charge on any atom is -0.380 e. The number of fused-ring (bicyclic) bond motifs is 1. The standard InChI is InChI=1S/C23H33ClO7S/c1-13-9-15(25)10-18(32(27,28)12-14-7-5-4-6-8-14)23(13)22(26)19-16(29-2)11-17(30-3)20(24)21(19)31-23/h10,13-14,16-17,19-21H,4-9,11-12H2,1-3H3/t13-,16?,17?,19?,20?,21?,23+/m1/s1. The van der Waals surface area contributed by atoms with Gasteiger partial charge in [-0.3, -0.25) is 9.59 Å². The predicted octanol–water partition coefficient (Wildman–Crippen LogP) is 2.84. The van der Waals surface area contributed by atoms with Crippen LogP contribution in [0.5, 0.6) is 0 Å². The number of methoxy groups -OCH3 is 2. The van der Waals surface area contributed by atoms with Crippen molar-refractivity contribution in [1.82, 2.24) is 0 Å². The summed E-state index contributed by atoms with van der Waals surface area (Å²) in [6.45, 7) is 1.72. The van der Waals surface area contributed by atoms with Crippen molar-refractivity contribution in [2.75, 3.05) is 20.0 Å². The first-order valence-electron chi connectivity index (χ1n) is 11.5. The Labute approximate surface area is 195 Å². The Morgan fingerprint density at radius 3 is 2.41 bits per heavy atom. The molecule has 1 aliphatic heterocycles. The molecule has 4 aliphatic rings. The number of halogens is 1. The van der Waals surface area contributed by atoms with Gasteiger partial charge in [0, 0.05) is 33.0 Å². The molecule has 0 aromatic heterocycles. The molecule has 180 valence electrons. The number of hydrogen-bond donors (Lipinski definition) is 0. The van der Waals surface area contributed by atoms with Gasteiger partial charge < -0.3 is 14.2 Å². The highest BCUT2D eigenvalue weighted by Gasteiger charge is 2.67. The molecule has 0 N–H and O–H groups in total. The number of carbonyl (C=O) groups excluding carboxylic acids is 2. The van der Waals surface area contributed by atoms with Gasteiger partial charge in [-0.1, -0.05) is 26.2 Å². The third-order valence-electron chi connectivity index (χ3n) is 7.86. The van der Waals surface area contributed by atoms with Crippen molar-refractivity contribution in [2.24, 2.45) is 17.8 Å². The minimum absolute atomic E-state index is 0.0307. The van der Waals surface area contributed by atoms with Crippen molar-refractivity contribution in [3.8, 4) is 0 Å². The number of carbonyl (C=O) groups is 2. The number of allylic oxidation sites excluding steroid dienone is 1. The van der Waals surface area contributed by atoms with E-state index in [0.29, 0.717) is 6.42 Å². The maximum absolute atomic E-state index is 14.0. The Morgan fingerprint density at radius 1 is 1.12 bits per heavy atom. The molecule has 0 bridgehead atoms. The van der Waals surface area contributed by atoms with Gasteiger partial charge in [-0.15, -0.1) is 11.6 Å².